The number of likely N-dealkylation sites (tertiary alicyclic amines) is 1. The third-order valence-corrected chi connectivity index (χ3v) is 5.13. The zero-order valence-corrected chi connectivity index (χ0v) is 15.9. The van der Waals surface area contributed by atoms with Gasteiger partial charge in [0.05, 0.1) is 0 Å². The third-order valence-electron chi connectivity index (χ3n) is 5.13. The molecule has 1 saturated carbocycles. The van der Waals surface area contributed by atoms with E-state index < -0.39 is 0 Å². The largest absolute Gasteiger partial charge is 0.396 e. The Labute approximate surface area is 148 Å². The average molecular weight is 339 g/mol. The summed E-state index contributed by atoms with van der Waals surface area (Å²) in [6.45, 7) is 12.1. The van der Waals surface area contributed by atoms with Crippen LogP contribution in [0.15, 0.2) is 4.99 Å². The van der Waals surface area contributed by atoms with Gasteiger partial charge in [-0.2, -0.15) is 0 Å². The monoisotopic (exact) mass is 338 g/mol. The molecule has 0 aromatic heterocycles. The lowest BCUT2D eigenvalue weighted by molar-refractivity contribution is 0.245. The maximum Gasteiger partial charge on any atom is 0.191 e. The molecule has 5 heteroatoms. The van der Waals surface area contributed by atoms with Gasteiger partial charge in [0.25, 0.3) is 0 Å². The number of guanidine groups is 1. The van der Waals surface area contributed by atoms with Crippen LogP contribution in [0.1, 0.15) is 52.9 Å². The van der Waals surface area contributed by atoms with E-state index in [4.69, 9.17) is 4.99 Å². The third kappa shape index (κ3) is 6.98. The van der Waals surface area contributed by atoms with Crippen molar-refractivity contribution in [2.45, 2.75) is 58.9 Å². The minimum absolute atomic E-state index is 0.260. The molecule has 0 amide bonds. The molecule has 1 heterocycles. The Morgan fingerprint density at radius 3 is 2.67 bits per heavy atom. The van der Waals surface area contributed by atoms with Crippen LogP contribution in [0.3, 0.4) is 0 Å². The van der Waals surface area contributed by atoms with Crippen LogP contribution in [0.5, 0.6) is 0 Å². The predicted molar refractivity (Wildman–Crippen MR) is 101 cm³/mol. The van der Waals surface area contributed by atoms with Crippen LogP contribution in [0.4, 0.5) is 0 Å². The van der Waals surface area contributed by atoms with E-state index in [1.807, 2.05) is 0 Å². The van der Waals surface area contributed by atoms with E-state index in [0.29, 0.717) is 11.8 Å². The second-order valence-electron chi connectivity index (χ2n) is 7.99. The number of rotatable bonds is 10. The van der Waals surface area contributed by atoms with Crippen LogP contribution >= 0.6 is 0 Å². The summed E-state index contributed by atoms with van der Waals surface area (Å²) in [4.78, 5) is 7.45. The van der Waals surface area contributed by atoms with E-state index in [1.54, 1.807) is 0 Å². The van der Waals surface area contributed by atoms with Crippen molar-refractivity contribution in [3.8, 4) is 0 Å². The van der Waals surface area contributed by atoms with E-state index in [1.165, 1.54) is 32.4 Å². The summed E-state index contributed by atoms with van der Waals surface area (Å²) in [5.41, 5.74) is 0. The van der Waals surface area contributed by atoms with Crippen LogP contribution in [0, 0.1) is 17.8 Å². The number of aliphatic imine (C=N–C) groups is 1. The zero-order valence-electron chi connectivity index (χ0n) is 15.9. The second-order valence-corrected chi connectivity index (χ2v) is 7.99. The van der Waals surface area contributed by atoms with Gasteiger partial charge in [0.15, 0.2) is 5.96 Å². The van der Waals surface area contributed by atoms with Crippen molar-refractivity contribution in [1.82, 2.24) is 15.5 Å². The van der Waals surface area contributed by atoms with Gasteiger partial charge in [-0.05, 0) is 63.3 Å². The molecule has 2 rings (SSSR count). The van der Waals surface area contributed by atoms with Crippen molar-refractivity contribution < 1.29 is 5.11 Å². The minimum atomic E-state index is 0.260. The minimum Gasteiger partial charge on any atom is -0.396 e. The summed E-state index contributed by atoms with van der Waals surface area (Å²) in [5.74, 6) is 2.81. The van der Waals surface area contributed by atoms with Crippen LogP contribution in [0.2, 0.25) is 0 Å². The Kier molecular flexibility index (Phi) is 8.33. The molecule has 0 bridgehead atoms. The molecule has 0 aromatic carbocycles. The molecule has 2 unspecified atom stereocenters. The Bertz CT molecular complexity index is 382. The zero-order chi connectivity index (χ0) is 17.4. The highest BCUT2D eigenvalue weighted by molar-refractivity contribution is 5.79. The Morgan fingerprint density at radius 1 is 1.25 bits per heavy atom. The first-order valence-corrected chi connectivity index (χ1v) is 9.99. The van der Waals surface area contributed by atoms with Crippen molar-refractivity contribution in [2.24, 2.45) is 22.7 Å². The van der Waals surface area contributed by atoms with Crippen LogP contribution in [-0.2, 0) is 0 Å². The molecule has 24 heavy (non-hydrogen) atoms. The molecule has 0 aromatic rings. The first-order valence-electron chi connectivity index (χ1n) is 9.99. The first kappa shape index (κ1) is 19.5. The van der Waals surface area contributed by atoms with Gasteiger partial charge in [0.1, 0.15) is 0 Å². The Balaban J connectivity index is 1.76. The SMILES string of the molecule is CCNC(=NCC(CCO)CC(C)C)NCC1CCN(C2CC2)C1. The fourth-order valence-electron chi connectivity index (χ4n) is 3.74. The second kappa shape index (κ2) is 10.2. The highest BCUT2D eigenvalue weighted by atomic mass is 16.3. The summed E-state index contributed by atoms with van der Waals surface area (Å²) in [6.07, 6.45) is 6.10. The molecule has 1 aliphatic carbocycles. The molecule has 1 aliphatic heterocycles. The summed E-state index contributed by atoms with van der Waals surface area (Å²) >= 11 is 0. The fraction of sp³-hybridized carbons (Fsp3) is 0.947. The molecule has 140 valence electrons. The molecule has 2 atom stereocenters. The van der Waals surface area contributed by atoms with Crippen LogP contribution in [-0.4, -0.2) is 61.3 Å². The van der Waals surface area contributed by atoms with Gasteiger partial charge in [-0.3, -0.25) is 4.99 Å². The van der Waals surface area contributed by atoms with Gasteiger partial charge in [0, 0.05) is 38.8 Å². The van der Waals surface area contributed by atoms with E-state index in [2.05, 4.69) is 36.3 Å². The number of hydrogen-bond acceptors (Lipinski definition) is 3. The average Bonchev–Trinajstić information content (AvgIpc) is 3.28. The van der Waals surface area contributed by atoms with Crippen molar-refractivity contribution >= 4 is 5.96 Å². The number of hydrogen-bond donors (Lipinski definition) is 3. The number of aliphatic hydroxyl groups is 1. The highest BCUT2D eigenvalue weighted by Crippen LogP contribution is 2.31. The van der Waals surface area contributed by atoms with Gasteiger partial charge >= 0.3 is 0 Å². The molecule has 0 radical (unpaired) electrons. The summed E-state index contributed by atoms with van der Waals surface area (Å²) in [6, 6.07) is 0.896. The molecule has 1 saturated heterocycles. The normalized spacial score (nSPS) is 23.7. The van der Waals surface area contributed by atoms with Crippen LogP contribution < -0.4 is 10.6 Å². The predicted octanol–water partition coefficient (Wildman–Crippen LogP) is 2.07. The maximum absolute atomic E-state index is 9.26. The Hall–Kier alpha value is -0.810. The molecule has 2 aliphatic rings. The summed E-state index contributed by atoms with van der Waals surface area (Å²) < 4.78 is 0. The van der Waals surface area contributed by atoms with E-state index in [0.717, 1.165) is 50.4 Å². The molecular weight excluding hydrogens is 300 g/mol. The lowest BCUT2D eigenvalue weighted by Crippen LogP contribution is -2.40. The Morgan fingerprint density at radius 2 is 2.04 bits per heavy atom. The summed E-state index contributed by atoms with van der Waals surface area (Å²) in [5, 5.41) is 16.2. The lowest BCUT2D eigenvalue weighted by atomic mass is 9.94. The molecule has 3 N–H and O–H groups in total. The van der Waals surface area contributed by atoms with Gasteiger partial charge in [0.2, 0.25) is 0 Å². The number of aliphatic hydroxyl groups excluding tert-OH is 1. The van der Waals surface area contributed by atoms with Gasteiger partial charge in [-0.1, -0.05) is 13.8 Å². The number of nitrogens with one attached hydrogen (secondary N) is 2. The molecular formula is C19H38N4O. The van der Waals surface area contributed by atoms with Gasteiger partial charge in [-0.15, -0.1) is 0 Å². The lowest BCUT2D eigenvalue weighted by Gasteiger charge is -2.19. The first-order chi connectivity index (χ1) is 11.6. The smallest absolute Gasteiger partial charge is 0.191 e. The van der Waals surface area contributed by atoms with E-state index in [9.17, 15) is 5.11 Å². The molecule has 5 nitrogen and oxygen atoms in total. The van der Waals surface area contributed by atoms with Crippen LogP contribution in [0.25, 0.3) is 0 Å². The number of nitrogens with zero attached hydrogens (tertiary/aromatic N) is 2. The molecule has 2 fully saturated rings. The van der Waals surface area contributed by atoms with Gasteiger partial charge in [-0.25, -0.2) is 0 Å². The van der Waals surface area contributed by atoms with Gasteiger partial charge < -0.3 is 20.6 Å². The van der Waals surface area contributed by atoms with Crippen molar-refractivity contribution in [2.75, 3.05) is 39.3 Å². The quantitative estimate of drug-likeness (QED) is 0.422. The topological polar surface area (TPSA) is 59.9 Å². The molecule has 0 spiro atoms. The van der Waals surface area contributed by atoms with E-state index >= 15 is 0 Å². The van der Waals surface area contributed by atoms with E-state index in [-0.39, 0.29) is 6.61 Å². The van der Waals surface area contributed by atoms with Crippen molar-refractivity contribution in [1.29, 1.82) is 0 Å². The fourth-order valence-corrected chi connectivity index (χ4v) is 3.74. The van der Waals surface area contributed by atoms with Crippen molar-refractivity contribution in [3.05, 3.63) is 0 Å². The standard InChI is InChI=1S/C19H38N4O/c1-4-20-19(21-12-16(8-10-24)11-15(2)3)22-13-17-7-9-23(14-17)18-5-6-18/h15-18,24H,4-14H2,1-3H3,(H2,20,21,22). The maximum atomic E-state index is 9.26. The highest BCUT2D eigenvalue weighted by Gasteiger charge is 2.34. The van der Waals surface area contributed by atoms with Crippen molar-refractivity contribution in [3.63, 3.8) is 0 Å². The summed E-state index contributed by atoms with van der Waals surface area (Å²) in [7, 11) is 0.